The molecule has 4 rings (SSSR count). The third kappa shape index (κ3) is 5.25. The Morgan fingerprint density at radius 1 is 1.09 bits per heavy atom. The van der Waals surface area contributed by atoms with Gasteiger partial charge in [0.05, 0.1) is 12.9 Å². The fourth-order valence-electron chi connectivity index (χ4n) is 4.19. The number of ether oxygens (including phenoxy) is 1. The fourth-order valence-corrected chi connectivity index (χ4v) is 4.19. The average Bonchev–Trinajstić information content (AvgIpc) is 3.53. The van der Waals surface area contributed by atoms with Gasteiger partial charge in [-0.1, -0.05) is 25.0 Å². The molecule has 0 radical (unpaired) electrons. The van der Waals surface area contributed by atoms with Crippen LogP contribution in [0.1, 0.15) is 54.8 Å². The second kappa shape index (κ2) is 10.3. The third-order valence-electron chi connectivity index (χ3n) is 5.77. The molecule has 0 aliphatic heterocycles. The van der Waals surface area contributed by atoms with Gasteiger partial charge in [0.15, 0.2) is 5.76 Å². The summed E-state index contributed by atoms with van der Waals surface area (Å²) in [6.07, 6.45) is 5.34. The Kier molecular flexibility index (Phi) is 7.07. The summed E-state index contributed by atoms with van der Waals surface area (Å²) in [4.78, 5) is 28.5. The predicted octanol–water partition coefficient (Wildman–Crippen LogP) is 5.26. The van der Waals surface area contributed by atoms with Crippen LogP contribution in [0.5, 0.6) is 5.75 Å². The number of nitrogens with zero attached hydrogens (tertiary/aromatic N) is 1. The molecular weight excluding hydrogens is 423 g/mol. The number of hydrogen-bond acceptors (Lipinski definition) is 4. The molecule has 0 bridgehead atoms. The van der Waals surface area contributed by atoms with Crippen molar-refractivity contribution in [3.05, 3.63) is 84.1 Å². The summed E-state index contributed by atoms with van der Waals surface area (Å²) < 4.78 is 24.6. The Bertz CT molecular complexity index is 1060. The highest BCUT2D eigenvalue weighted by atomic mass is 19.1. The number of furan rings is 1. The van der Waals surface area contributed by atoms with Crippen molar-refractivity contribution in [3.8, 4) is 5.75 Å². The highest BCUT2D eigenvalue weighted by Gasteiger charge is 2.35. The van der Waals surface area contributed by atoms with Gasteiger partial charge in [0.1, 0.15) is 17.6 Å². The quantitative estimate of drug-likeness (QED) is 0.508. The van der Waals surface area contributed by atoms with Crippen LogP contribution in [-0.4, -0.2) is 24.5 Å². The highest BCUT2D eigenvalue weighted by Crippen LogP contribution is 2.32. The van der Waals surface area contributed by atoms with Crippen LogP contribution < -0.4 is 15.0 Å². The number of halogens is 1. The van der Waals surface area contributed by atoms with Gasteiger partial charge in [-0.3, -0.25) is 14.5 Å². The topological polar surface area (TPSA) is 71.8 Å². The van der Waals surface area contributed by atoms with Gasteiger partial charge in [0.25, 0.3) is 5.91 Å². The maximum Gasteiger partial charge on any atom is 0.294 e. The Balaban J connectivity index is 1.77. The molecule has 3 aromatic rings. The van der Waals surface area contributed by atoms with Gasteiger partial charge in [-0.05, 0) is 73.9 Å². The minimum absolute atomic E-state index is 0.0662. The van der Waals surface area contributed by atoms with E-state index in [1.807, 2.05) is 6.92 Å². The Morgan fingerprint density at radius 3 is 2.39 bits per heavy atom. The molecule has 33 heavy (non-hydrogen) atoms. The summed E-state index contributed by atoms with van der Waals surface area (Å²) in [7, 11) is 0. The van der Waals surface area contributed by atoms with Crippen LogP contribution in [0.25, 0.3) is 0 Å². The van der Waals surface area contributed by atoms with Gasteiger partial charge >= 0.3 is 0 Å². The molecule has 1 atom stereocenters. The van der Waals surface area contributed by atoms with Gasteiger partial charge in [-0.2, -0.15) is 0 Å². The molecule has 1 N–H and O–H groups in total. The van der Waals surface area contributed by atoms with Crippen LogP contribution in [0.15, 0.2) is 71.3 Å². The highest BCUT2D eigenvalue weighted by molar-refractivity contribution is 6.08. The van der Waals surface area contributed by atoms with Crippen molar-refractivity contribution < 1.29 is 23.1 Å². The molecule has 1 aromatic heterocycles. The molecule has 6 nitrogen and oxygen atoms in total. The summed E-state index contributed by atoms with van der Waals surface area (Å²) in [6.45, 7) is 2.41. The Hall–Kier alpha value is -3.61. The fraction of sp³-hybridized carbons (Fsp3) is 0.308. The lowest BCUT2D eigenvalue weighted by atomic mass is 10.0. The van der Waals surface area contributed by atoms with E-state index in [0.717, 1.165) is 25.7 Å². The Morgan fingerprint density at radius 2 is 1.79 bits per heavy atom. The summed E-state index contributed by atoms with van der Waals surface area (Å²) >= 11 is 0. The van der Waals surface area contributed by atoms with Crippen LogP contribution in [0.4, 0.5) is 10.1 Å². The van der Waals surface area contributed by atoms with Crippen molar-refractivity contribution in [1.29, 1.82) is 0 Å². The number of carbonyl (C=O) groups excluding carboxylic acids is 2. The second-order valence-electron chi connectivity index (χ2n) is 8.02. The smallest absolute Gasteiger partial charge is 0.294 e. The summed E-state index contributed by atoms with van der Waals surface area (Å²) in [5.74, 6) is -0.467. The first-order chi connectivity index (χ1) is 16.1. The number of benzene rings is 2. The number of rotatable bonds is 8. The molecule has 1 aliphatic rings. The van der Waals surface area contributed by atoms with E-state index in [2.05, 4.69) is 5.32 Å². The molecule has 172 valence electrons. The maximum atomic E-state index is 13.7. The van der Waals surface area contributed by atoms with Crippen molar-refractivity contribution in [1.82, 2.24) is 5.32 Å². The monoisotopic (exact) mass is 450 g/mol. The van der Waals surface area contributed by atoms with Gasteiger partial charge in [-0.25, -0.2) is 4.39 Å². The van der Waals surface area contributed by atoms with E-state index < -0.39 is 17.8 Å². The number of carbonyl (C=O) groups is 2. The number of anilines is 1. The van der Waals surface area contributed by atoms with Gasteiger partial charge in [-0.15, -0.1) is 0 Å². The van der Waals surface area contributed by atoms with E-state index >= 15 is 0 Å². The molecule has 7 heteroatoms. The van der Waals surface area contributed by atoms with Gasteiger partial charge < -0.3 is 14.5 Å². The third-order valence-corrected chi connectivity index (χ3v) is 5.77. The summed E-state index contributed by atoms with van der Waals surface area (Å²) in [5, 5.41) is 3.11. The largest absolute Gasteiger partial charge is 0.494 e. The average molecular weight is 451 g/mol. The van der Waals surface area contributed by atoms with E-state index in [0.29, 0.717) is 23.6 Å². The molecule has 2 amide bonds. The maximum absolute atomic E-state index is 13.7. The molecule has 0 saturated heterocycles. The molecule has 1 fully saturated rings. The number of amides is 2. The number of hydrogen-bond donors (Lipinski definition) is 1. The van der Waals surface area contributed by atoms with Crippen molar-refractivity contribution >= 4 is 17.5 Å². The lowest BCUT2D eigenvalue weighted by Gasteiger charge is -2.32. The molecule has 2 aromatic carbocycles. The normalized spacial score (nSPS) is 14.6. The van der Waals surface area contributed by atoms with Crippen LogP contribution >= 0.6 is 0 Å². The van der Waals surface area contributed by atoms with Gasteiger partial charge in [0.2, 0.25) is 5.91 Å². The van der Waals surface area contributed by atoms with Crippen molar-refractivity contribution in [2.24, 2.45) is 0 Å². The second-order valence-corrected chi connectivity index (χ2v) is 8.02. The molecule has 0 unspecified atom stereocenters. The SMILES string of the molecule is CCOc1ccc([C@H](C(=O)NC2CCCC2)N(C(=O)c2ccco2)c2ccc(F)cc2)cc1. The predicted molar refractivity (Wildman–Crippen MR) is 123 cm³/mol. The summed E-state index contributed by atoms with van der Waals surface area (Å²) in [5.41, 5.74) is 0.997. The van der Waals surface area contributed by atoms with Crippen LogP contribution in [0, 0.1) is 5.82 Å². The minimum atomic E-state index is -0.982. The van der Waals surface area contributed by atoms with E-state index in [1.54, 1.807) is 36.4 Å². The van der Waals surface area contributed by atoms with E-state index in [9.17, 15) is 14.0 Å². The molecule has 1 heterocycles. The van der Waals surface area contributed by atoms with Crippen LogP contribution in [-0.2, 0) is 4.79 Å². The standard InChI is InChI=1S/C26H27FN2O4/c1-2-32-22-15-9-18(10-16-22)24(25(30)28-20-6-3-4-7-20)29(21-13-11-19(27)12-14-21)26(31)23-8-5-17-33-23/h5,8-17,20,24H,2-4,6-7H2,1H3,(H,28,30)/t24-/m1/s1. The Labute approximate surface area is 192 Å². The zero-order valence-corrected chi connectivity index (χ0v) is 18.5. The van der Waals surface area contributed by atoms with Crippen LogP contribution in [0.2, 0.25) is 0 Å². The molecule has 1 saturated carbocycles. The molecule has 0 spiro atoms. The summed E-state index contributed by atoms with van der Waals surface area (Å²) in [6, 6.07) is 14.8. The van der Waals surface area contributed by atoms with E-state index in [4.69, 9.17) is 9.15 Å². The van der Waals surface area contributed by atoms with E-state index in [-0.39, 0.29) is 17.7 Å². The van der Waals surface area contributed by atoms with Gasteiger partial charge in [0, 0.05) is 11.7 Å². The first-order valence-electron chi connectivity index (χ1n) is 11.2. The first-order valence-corrected chi connectivity index (χ1v) is 11.2. The van der Waals surface area contributed by atoms with Crippen molar-refractivity contribution in [3.63, 3.8) is 0 Å². The van der Waals surface area contributed by atoms with Crippen molar-refractivity contribution in [2.75, 3.05) is 11.5 Å². The van der Waals surface area contributed by atoms with Crippen LogP contribution in [0.3, 0.4) is 0 Å². The minimum Gasteiger partial charge on any atom is -0.494 e. The first kappa shape index (κ1) is 22.6. The molecular formula is C26H27FN2O4. The lowest BCUT2D eigenvalue weighted by molar-refractivity contribution is -0.123. The lowest BCUT2D eigenvalue weighted by Crippen LogP contribution is -2.46. The number of nitrogens with one attached hydrogen (secondary N) is 1. The van der Waals surface area contributed by atoms with E-state index in [1.165, 1.54) is 35.4 Å². The molecule has 1 aliphatic carbocycles. The zero-order valence-electron chi connectivity index (χ0n) is 18.5. The zero-order chi connectivity index (χ0) is 23.2. The van der Waals surface area contributed by atoms with Crippen molar-refractivity contribution in [2.45, 2.75) is 44.7 Å².